The van der Waals surface area contributed by atoms with Crippen molar-refractivity contribution in [1.82, 2.24) is 4.90 Å². The minimum absolute atomic E-state index is 0.124. The molecule has 0 bridgehead atoms. The van der Waals surface area contributed by atoms with Gasteiger partial charge in [0.25, 0.3) is 5.91 Å². The molecule has 10 nitrogen and oxygen atoms in total. The van der Waals surface area contributed by atoms with E-state index in [0.29, 0.717) is 0 Å². The Labute approximate surface area is 182 Å². The van der Waals surface area contributed by atoms with E-state index < -0.39 is 69.7 Å². The maximum absolute atomic E-state index is 13.6. The first kappa shape index (κ1) is 21.8. The second kappa shape index (κ2) is 6.76. The summed E-state index contributed by atoms with van der Waals surface area (Å²) in [6.45, 7) is 3.91. The highest BCUT2D eigenvalue weighted by molar-refractivity contribution is 6.25. The molecule has 1 amide bonds. The molecular weight excluding hydrogens is 420 g/mol. The van der Waals surface area contributed by atoms with Gasteiger partial charge < -0.3 is 31.3 Å². The van der Waals surface area contributed by atoms with E-state index in [-0.39, 0.29) is 22.4 Å². The van der Waals surface area contributed by atoms with Gasteiger partial charge in [-0.1, -0.05) is 18.7 Å². The molecule has 0 heterocycles. The molecule has 0 spiro atoms. The third-order valence-corrected chi connectivity index (χ3v) is 6.61. The van der Waals surface area contributed by atoms with Crippen molar-refractivity contribution in [2.24, 2.45) is 17.6 Å². The molecule has 0 aromatic heterocycles. The lowest BCUT2D eigenvalue weighted by atomic mass is 9.55. The van der Waals surface area contributed by atoms with E-state index in [2.05, 4.69) is 6.58 Å². The Morgan fingerprint density at radius 2 is 1.81 bits per heavy atom. The molecule has 1 fully saturated rings. The van der Waals surface area contributed by atoms with Crippen LogP contribution in [0.15, 0.2) is 41.7 Å². The average molecular weight is 442 g/mol. The van der Waals surface area contributed by atoms with Gasteiger partial charge in [-0.25, -0.2) is 0 Å². The number of nitrogens with two attached hydrogens (primary N) is 1. The van der Waals surface area contributed by atoms with Gasteiger partial charge >= 0.3 is 0 Å². The van der Waals surface area contributed by atoms with Gasteiger partial charge in [-0.15, -0.1) is 0 Å². The summed E-state index contributed by atoms with van der Waals surface area (Å²) < 4.78 is 0. The Balaban J connectivity index is 2.08. The lowest BCUT2D eigenvalue weighted by Gasteiger charge is -2.52. The smallest absolute Gasteiger partial charge is 0.255 e. The monoisotopic (exact) mass is 442 g/mol. The number of likely N-dealkylation sites (N-methyl/N-ethyl adjacent to an activating group) is 1. The maximum Gasteiger partial charge on any atom is 0.255 e. The summed E-state index contributed by atoms with van der Waals surface area (Å²) in [7, 11) is 2.88. The Bertz CT molecular complexity index is 1180. The highest BCUT2D eigenvalue weighted by Crippen LogP contribution is 2.55. The van der Waals surface area contributed by atoms with Gasteiger partial charge in [-0.2, -0.15) is 0 Å². The third kappa shape index (κ3) is 2.42. The molecule has 0 radical (unpaired) electrons. The molecule has 1 saturated carbocycles. The molecule has 3 aliphatic carbocycles. The fourth-order valence-corrected chi connectivity index (χ4v) is 5.21. The van der Waals surface area contributed by atoms with Crippen molar-refractivity contribution in [2.45, 2.75) is 17.7 Å². The average Bonchev–Trinajstić information content (AvgIpc) is 2.70. The predicted molar refractivity (Wildman–Crippen MR) is 111 cm³/mol. The number of carbonyl (C=O) groups excluding carboxylic acids is 3. The molecule has 3 aliphatic rings. The first-order chi connectivity index (χ1) is 14.9. The molecule has 1 aromatic rings. The molecule has 0 aliphatic heterocycles. The Morgan fingerprint density at radius 1 is 1.19 bits per heavy atom. The van der Waals surface area contributed by atoms with Gasteiger partial charge in [0.1, 0.15) is 22.8 Å². The van der Waals surface area contributed by atoms with Crippen molar-refractivity contribution in [3.8, 4) is 5.75 Å². The summed E-state index contributed by atoms with van der Waals surface area (Å²) in [6.07, 6.45) is -1.69. The highest BCUT2D eigenvalue weighted by Gasteiger charge is 2.68. The number of hydrogen-bond acceptors (Lipinski definition) is 9. The van der Waals surface area contributed by atoms with Crippen LogP contribution >= 0.6 is 0 Å². The molecular formula is C22H22N2O8. The zero-order valence-corrected chi connectivity index (χ0v) is 17.2. The fraction of sp³-hybridized carbons (Fsp3) is 0.318. The first-order valence-corrected chi connectivity index (χ1v) is 9.71. The summed E-state index contributed by atoms with van der Waals surface area (Å²) in [4.78, 5) is 39.8. The minimum Gasteiger partial charge on any atom is -0.508 e. The van der Waals surface area contributed by atoms with Gasteiger partial charge in [-0.3, -0.25) is 19.3 Å². The normalized spacial score (nSPS) is 32.1. The van der Waals surface area contributed by atoms with Crippen LogP contribution in [0.25, 0.3) is 11.3 Å². The van der Waals surface area contributed by atoms with Gasteiger partial charge in [0, 0.05) is 5.92 Å². The van der Waals surface area contributed by atoms with Gasteiger partial charge in [0.15, 0.2) is 11.4 Å². The molecule has 4 rings (SSSR count). The number of Topliss-reactive ketones (excluding diaryl/α,β-unsaturated/α-hetero) is 2. The second-order valence-corrected chi connectivity index (χ2v) is 8.44. The summed E-state index contributed by atoms with van der Waals surface area (Å²) in [6, 6.07) is 2.89. The number of phenolic OH excluding ortho intramolecular Hbond substituents is 1. The number of amides is 1. The zero-order chi connectivity index (χ0) is 23.9. The first-order valence-electron chi connectivity index (χ1n) is 9.71. The minimum atomic E-state index is -2.94. The van der Waals surface area contributed by atoms with E-state index in [1.165, 1.54) is 37.2 Å². The standard InChI is InChI=1S/C22H22N2O8/c1-7-8-5-4-6-9(25)11(8)16(26)12-10(7)17(27)14-15(24(2)3)18(28)13(21(23)31)20(30)22(14,32)19(12)29/h4-6,10,14-15,17,25-27,30,32H,1H2,2-3H3,(H2,23,31)/t10-,14-,15?,17?,22-/m0/s1. The van der Waals surface area contributed by atoms with E-state index in [0.717, 1.165) is 0 Å². The molecule has 10 heteroatoms. The second-order valence-electron chi connectivity index (χ2n) is 8.44. The van der Waals surface area contributed by atoms with Gasteiger partial charge in [-0.05, 0) is 31.3 Å². The number of ketones is 2. The number of aliphatic hydroxyl groups excluding tert-OH is 3. The fourth-order valence-electron chi connectivity index (χ4n) is 5.21. The molecule has 7 N–H and O–H groups in total. The van der Waals surface area contributed by atoms with Crippen molar-refractivity contribution in [2.75, 3.05) is 14.1 Å². The topological polar surface area (TPSA) is 182 Å². The van der Waals surface area contributed by atoms with Crippen LogP contribution in [-0.4, -0.2) is 79.7 Å². The summed E-state index contributed by atoms with van der Waals surface area (Å²) in [5.74, 6) is -8.78. The van der Waals surface area contributed by atoms with Crippen LogP contribution in [-0.2, 0) is 14.4 Å². The zero-order valence-electron chi connectivity index (χ0n) is 17.2. The lowest BCUT2D eigenvalue weighted by Crippen LogP contribution is -2.70. The number of phenols is 1. The molecule has 1 aromatic carbocycles. The number of benzene rings is 1. The van der Waals surface area contributed by atoms with Crippen LogP contribution < -0.4 is 5.73 Å². The van der Waals surface area contributed by atoms with Gasteiger partial charge in [0.05, 0.1) is 29.2 Å². The molecule has 0 saturated heterocycles. The number of aromatic hydroxyl groups is 1. The number of rotatable bonds is 2. The number of carbonyl (C=O) groups is 3. The number of hydrogen-bond donors (Lipinski definition) is 6. The van der Waals surface area contributed by atoms with Crippen molar-refractivity contribution >= 4 is 28.8 Å². The van der Waals surface area contributed by atoms with Crippen LogP contribution in [0, 0.1) is 11.8 Å². The number of fused-ring (bicyclic) bond motifs is 3. The summed E-state index contributed by atoms with van der Waals surface area (Å²) in [5.41, 5.74) is 1.16. The summed E-state index contributed by atoms with van der Waals surface area (Å²) in [5, 5.41) is 54.7. The van der Waals surface area contributed by atoms with Crippen LogP contribution in [0.1, 0.15) is 11.1 Å². The highest BCUT2D eigenvalue weighted by atomic mass is 16.4. The largest absolute Gasteiger partial charge is 0.508 e. The summed E-state index contributed by atoms with van der Waals surface area (Å²) >= 11 is 0. The van der Waals surface area contributed by atoms with Crippen LogP contribution in [0.3, 0.4) is 0 Å². The molecule has 5 atom stereocenters. The van der Waals surface area contributed by atoms with E-state index in [4.69, 9.17) is 5.73 Å². The van der Waals surface area contributed by atoms with Gasteiger partial charge in [0.2, 0.25) is 5.78 Å². The quantitative estimate of drug-likeness (QED) is 0.326. The number of aliphatic hydroxyl groups is 4. The van der Waals surface area contributed by atoms with E-state index in [9.17, 15) is 39.9 Å². The van der Waals surface area contributed by atoms with E-state index in [1.54, 1.807) is 0 Å². The Kier molecular flexibility index (Phi) is 4.60. The predicted octanol–water partition coefficient (Wildman–Crippen LogP) is -0.594. The van der Waals surface area contributed by atoms with Crippen molar-refractivity contribution in [1.29, 1.82) is 0 Å². The van der Waals surface area contributed by atoms with Crippen LogP contribution in [0.2, 0.25) is 0 Å². The SMILES string of the molecule is C=C1c2cccc(O)c2C(O)=C2C(=O)[C@]3(O)C(O)=C(C(N)=O)C(=O)C(N(C)C)[C@H]3C(O)[C@@H]12. The van der Waals surface area contributed by atoms with Crippen molar-refractivity contribution in [3.63, 3.8) is 0 Å². The lowest BCUT2D eigenvalue weighted by molar-refractivity contribution is -0.166. The third-order valence-electron chi connectivity index (χ3n) is 6.61. The van der Waals surface area contributed by atoms with Crippen LogP contribution in [0.4, 0.5) is 0 Å². The van der Waals surface area contributed by atoms with E-state index in [1.807, 2.05) is 0 Å². The van der Waals surface area contributed by atoms with Crippen LogP contribution in [0.5, 0.6) is 5.75 Å². The maximum atomic E-state index is 13.6. The number of nitrogens with zero attached hydrogens (tertiary/aromatic N) is 1. The molecule has 32 heavy (non-hydrogen) atoms. The van der Waals surface area contributed by atoms with Crippen molar-refractivity contribution in [3.05, 3.63) is 52.8 Å². The molecule has 2 unspecified atom stereocenters. The molecule has 168 valence electrons. The van der Waals surface area contributed by atoms with Crippen molar-refractivity contribution < 1.29 is 39.9 Å². The van der Waals surface area contributed by atoms with E-state index >= 15 is 0 Å². The number of primary amides is 1. The Morgan fingerprint density at radius 3 is 2.38 bits per heavy atom. The Hall–Kier alpha value is -3.47.